The van der Waals surface area contributed by atoms with Crippen molar-refractivity contribution in [3.8, 4) is 5.88 Å². The van der Waals surface area contributed by atoms with Gasteiger partial charge in [0.2, 0.25) is 11.8 Å². The lowest BCUT2D eigenvalue weighted by molar-refractivity contribution is -0.138. The van der Waals surface area contributed by atoms with Gasteiger partial charge in [-0.2, -0.15) is 0 Å². The Bertz CT molecular complexity index is 1770. The van der Waals surface area contributed by atoms with Crippen molar-refractivity contribution in [2.24, 2.45) is 5.92 Å². The number of aromatic nitrogens is 3. The van der Waals surface area contributed by atoms with E-state index in [1.165, 1.54) is 12.3 Å². The summed E-state index contributed by atoms with van der Waals surface area (Å²) in [6.45, 7) is 2.50. The van der Waals surface area contributed by atoms with Crippen molar-refractivity contribution >= 4 is 51.4 Å². The monoisotopic (exact) mass is 621 g/mol. The molecule has 4 aromatic rings. The number of carbonyl (C=O) groups is 2. The number of hydrogen-bond acceptors (Lipinski definition) is 8. The van der Waals surface area contributed by atoms with E-state index in [-0.39, 0.29) is 54.8 Å². The molecule has 4 aliphatic rings. The van der Waals surface area contributed by atoms with E-state index in [4.69, 9.17) is 30.7 Å². The molecule has 12 heteroatoms. The van der Waals surface area contributed by atoms with Crippen LogP contribution in [0.4, 0.5) is 10.2 Å². The molecule has 230 valence electrons. The molecule has 0 spiro atoms. The topological polar surface area (TPSA) is 122 Å². The van der Waals surface area contributed by atoms with Crippen molar-refractivity contribution < 1.29 is 28.2 Å². The zero-order valence-corrected chi connectivity index (χ0v) is 25.1. The third-order valence-corrected chi connectivity index (χ3v) is 9.48. The summed E-state index contributed by atoms with van der Waals surface area (Å²) < 4.78 is 29.5. The third-order valence-electron chi connectivity index (χ3n) is 9.28. The molecule has 1 amide bonds. The Balaban J connectivity index is 1.33. The molecular formula is C32H33ClFN5O5. The van der Waals surface area contributed by atoms with Crippen LogP contribution in [0.25, 0.3) is 22.1 Å². The van der Waals surface area contributed by atoms with Crippen molar-refractivity contribution in [1.82, 2.24) is 19.9 Å². The molecule has 6 bridgehead atoms. The smallest absolute Gasteiger partial charge is 0.326 e. The van der Waals surface area contributed by atoms with E-state index < -0.39 is 29.7 Å². The van der Waals surface area contributed by atoms with Crippen molar-refractivity contribution in [3.05, 3.63) is 52.9 Å². The molecule has 0 radical (unpaired) electrons. The number of piperidine rings is 1. The molecule has 7 heterocycles. The number of rotatable bonds is 1. The molecule has 10 nitrogen and oxygen atoms in total. The van der Waals surface area contributed by atoms with Gasteiger partial charge in [0.05, 0.1) is 17.1 Å². The van der Waals surface area contributed by atoms with Crippen LogP contribution in [0.2, 0.25) is 5.02 Å². The lowest BCUT2D eigenvalue weighted by Crippen LogP contribution is -2.49. The van der Waals surface area contributed by atoms with Crippen LogP contribution in [0.5, 0.6) is 5.88 Å². The minimum atomic E-state index is -1.83. The van der Waals surface area contributed by atoms with Crippen LogP contribution in [-0.2, 0) is 21.7 Å². The third kappa shape index (κ3) is 5.00. The lowest BCUT2D eigenvalue weighted by Gasteiger charge is -2.42. The minimum absolute atomic E-state index is 0.0205. The predicted molar refractivity (Wildman–Crippen MR) is 162 cm³/mol. The Labute approximate surface area is 258 Å². The number of carboxylic acids is 1. The SMILES string of the molecule is C[C@H]1CN2CC[C@]1(F)c1cc(Cl)cnc1O[C@H]1C[C@@H](C(=O)O)N(C1)c1nc(nc3c1oc1ccccc13)CCCCCC2=O. The summed E-state index contributed by atoms with van der Waals surface area (Å²) in [5.41, 5.74) is 0.0430. The van der Waals surface area contributed by atoms with Crippen LogP contribution in [0.15, 0.2) is 40.9 Å². The molecule has 0 unspecified atom stereocenters. The number of nitrogens with zero attached hydrogens (tertiary/aromatic N) is 5. The number of benzene rings is 1. The second kappa shape index (κ2) is 11.2. The highest BCUT2D eigenvalue weighted by molar-refractivity contribution is 6.30. The number of carbonyl (C=O) groups excluding carboxylic acids is 1. The summed E-state index contributed by atoms with van der Waals surface area (Å²) in [6.07, 6.45) is 4.16. The fourth-order valence-electron chi connectivity index (χ4n) is 6.89. The van der Waals surface area contributed by atoms with Crippen molar-refractivity contribution in [1.29, 1.82) is 0 Å². The molecule has 1 aromatic carbocycles. The number of aryl methyl sites for hydroxylation is 1. The van der Waals surface area contributed by atoms with Gasteiger partial charge in [-0.3, -0.25) is 4.79 Å². The van der Waals surface area contributed by atoms with Crippen LogP contribution >= 0.6 is 11.6 Å². The van der Waals surface area contributed by atoms with E-state index in [0.29, 0.717) is 47.6 Å². The quantitative estimate of drug-likeness (QED) is 0.286. The maximum atomic E-state index is 16.9. The van der Waals surface area contributed by atoms with Crippen LogP contribution in [0.3, 0.4) is 0 Å². The number of amides is 1. The molecule has 3 aromatic heterocycles. The van der Waals surface area contributed by atoms with Gasteiger partial charge in [0, 0.05) is 56.3 Å². The van der Waals surface area contributed by atoms with E-state index in [1.807, 2.05) is 24.3 Å². The highest BCUT2D eigenvalue weighted by Gasteiger charge is 2.47. The van der Waals surface area contributed by atoms with Gasteiger partial charge in [-0.1, -0.05) is 37.1 Å². The fourth-order valence-corrected chi connectivity index (χ4v) is 7.04. The Hall–Kier alpha value is -3.99. The maximum Gasteiger partial charge on any atom is 0.326 e. The average molecular weight is 622 g/mol. The zero-order valence-electron chi connectivity index (χ0n) is 24.3. The number of carboxylic acid groups (broad SMARTS) is 1. The summed E-state index contributed by atoms with van der Waals surface area (Å²) in [4.78, 5) is 43.2. The molecule has 2 saturated heterocycles. The number of furan rings is 1. The van der Waals surface area contributed by atoms with Crippen LogP contribution < -0.4 is 9.64 Å². The molecule has 44 heavy (non-hydrogen) atoms. The van der Waals surface area contributed by atoms with Gasteiger partial charge >= 0.3 is 5.97 Å². The minimum Gasteiger partial charge on any atom is -0.480 e. The zero-order chi connectivity index (χ0) is 30.6. The van der Waals surface area contributed by atoms with E-state index in [9.17, 15) is 14.7 Å². The van der Waals surface area contributed by atoms with E-state index in [2.05, 4.69) is 4.98 Å². The molecule has 2 fully saturated rings. The van der Waals surface area contributed by atoms with Crippen LogP contribution in [-0.4, -0.2) is 68.6 Å². The molecule has 0 saturated carbocycles. The fraction of sp³-hybridized carbons (Fsp3) is 0.469. The first kappa shape index (κ1) is 28.8. The largest absolute Gasteiger partial charge is 0.480 e. The molecule has 8 rings (SSSR count). The number of para-hydroxylation sites is 1. The summed E-state index contributed by atoms with van der Waals surface area (Å²) in [5.74, 6) is -0.496. The van der Waals surface area contributed by atoms with Gasteiger partial charge in [-0.15, -0.1) is 0 Å². The lowest BCUT2D eigenvalue weighted by atomic mass is 9.78. The van der Waals surface area contributed by atoms with Crippen molar-refractivity contribution in [3.63, 3.8) is 0 Å². The Morgan fingerprint density at radius 2 is 1.98 bits per heavy atom. The van der Waals surface area contributed by atoms with Gasteiger partial charge in [0.1, 0.15) is 34.7 Å². The van der Waals surface area contributed by atoms with Crippen molar-refractivity contribution in [2.45, 2.75) is 69.7 Å². The number of alkyl halides is 1. The molecule has 4 atom stereocenters. The number of ether oxygens (including phenoxy) is 1. The highest BCUT2D eigenvalue weighted by Crippen LogP contribution is 2.46. The van der Waals surface area contributed by atoms with E-state index in [1.54, 1.807) is 16.7 Å². The molecular weight excluding hydrogens is 589 g/mol. The van der Waals surface area contributed by atoms with Gasteiger partial charge in [-0.05, 0) is 31.0 Å². The number of aliphatic carboxylic acids is 1. The molecule has 4 aliphatic heterocycles. The number of hydrogen-bond donors (Lipinski definition) is 1. The Morgan fingerprint density at radius 1 is 1.16 bits per heavy atom. The maximum absolute atomic E-state index is 16.9. The van der Waals surface area contributed by atoms with E-state index in [0.717, 1.165) is 18.2 Å². The second-order valence-electron chi connectivity index (χ2n) is 12.1. The van der Waals surface area contributed by atoms with Gasteiger partial charge in [0.15, 0.2) is 11.4 Å². The summed E-state index contributed by atoms with van der Waals surface area (Å²) >= 11 is 6.32. The normalized spacial score (nSPS) is 26.2. The van der Waals surface area contributed by atoms with Gasteiger partial charge in [-0.25, -0.2) is 24.1 Å². The molecule has 0 aliphatic carbocycles. The second-order valence-corrected chi connectivity index (χ2v) is 12.6. The predicted octanol–water partition coefficient (Wildman–Crippen LogP) is 5.69. The van der Waals surface area contributed by atoms with Crippen LogP contribution in [0.1, 0.15) is 56.8 Å². The highest BCUT2D eigenvalue weighted by atomic mass is 35.5. The number of halogens is 2. The van der Waals surface area contributed by atoms with Crippen molar-refractivity contribution in [2.75, 3.05) is 24.5 Å². The van der Waals surface area contributed by atoms with Gasteiger partial charge in [0.25, 0.3) is 0 Å². The average Bonchev–Trinajstić information content (AvgIpc) is 3.60. The standard InChI is InChI=1S/C32H33ClFN5O5/c1-18-16-38-12-11-32(18,34)22-13-19(33)15-35-30(22)43-20-14-23(31(41)42)39(17-20)29-28-27(21-7-5-6-8-24(21)44-28)36-25(37-29)9-3-2-4-10-26(38)40/h5-8,13,15,18,20,23H,2-4,9-12,14,16-17H2,1H3,(H,41,42)/t18-,20-,23-,32+/m0/s1. The summed E-state index contributed by atoms with van der Waals surface area (Å²) in [5, 5.41) is 11.4. The first-order valence-corrected chi connectivity index (χ1v) is 15.6. The number of anilines is 1. The van der Waals surface area contributed by atoms with Crippen LogP contribution in [0, 0.1) is 5.92 Å². The summed E-state index contributed by atoms with van der Waals surface area (Å²) in [7, 11) is 0. The first-order valence-electron chi connectivity index (χ1n) is 15.2. The Kier molecular flexibility index (Phi) is 7.31. The Morgan fingerprint density at radius 3 is 2.80 bits per heavy atom. The first-order chi connectivity index (χ1) is 21.2. The van der Waals surface area contributed by atoms with Gasteiger partial charge < -0.3 is 24.1 Å². The molecule has 1 N–H and O–H groups in total. The van der Waals surface area contributed by atoms with E-state index >= 15 is 4.39 Å². The number of pyridine rings is 1. The summed E-state index contributed by atoms with van der Waals surface area (Å²) in [6, 6.07) is 8.11. The number of fused-ring (bicyclic) bond motifs is 10.